The topological polar surface area (TPSA) is 81.6 Å². The van der Waals surface area contributed by atoms with Gasteiger partial charge >= 0.3 is 5.97 Å². The number of hydrogen-bond acceptors (Lipinski definition) is 6. The van der Waals surface area contributed by atoms with E-state index in [0.29, 0.717) is 17.9 Å². The summed E-state index contributed by atoms with van der Waals surface area (Å²) in [5.41, 5.74) is 3.13. The van der Waals surface area contributed by atoms with Gasteiger partial charge in [-0.1, -0.05) is 35.9 Å². The van der Waals surface area contributed by atoms with Crippen LogP contribution >= 0.6 is 11.6 Å². The Kier molecular flexibility index (Phi) is 6.91. The zero-order valence-corrected chi connectivity index (χ0v) is 22.9. The van der Waals surface area contributed by atoms with E-state index in [4.69, 9.17) is 21.6 Å². The number of benzene rings is 2. The Bertz CT molecular complexity index is 1340. The van der Waals surface area contributed by atoms with Crippen LogP contribution < -0.4 is 10.2 Å². The van der Waals surface area contributed by atoms with Gasteiger partial charge in [0, 0.05) is 36.1 Å². The molecule has 0 amide bonds. The van der Waals surface area contributed by atoms with Crippen LogP contribution in [-0.2, 0) is 4.79 Å². The number of hydrogen-bond donors (Lipinski definition) is 2. The number of piperidine rings is 1. The molecule has 6 rings (SSSR count). The molecule has 0 spiro atoms. The molecule has 1 aromatic heterocycles. The van der Waals surface area contributed by atoms with Crippen molar-refractivity contribution in [3.05, 3.63) is 58.6 Å². The summed E-state index contributed by atoms with van der Waals surface area (Å²) in [6.07, 6.45) is 4.08. The first kappa shape index (κ1) is 25.4. The highest BCUT2D eigenvalue weighted by molar-refractivity contribution is 6.31. The van der Waals surface area contributed by atoms with Gasteiger partial charge in [-0.3, -0.25) is 4.79 Å². The molecule has 1 aliphatic carbocycles. The summed E-state index contributed by atoms with van der Waals surface area (Å²) in [5, 5.41) is 14.6. The fourth-order valence-corrected chi connectivity index (χ4v) is 6.80. The summed E-state index contributed by atoms with van der Waals surface area (Å²) in [5.74, 6) is 2.12. The summed E-state index contributed by atoms with van der Waals surface area (Å²) in [4.78, 5) is 26.0. The Morgan fingerprint density at radius 2 is 1.89 bits per heavy atom. The first-order chi connectivity index (χ1) is 18.4. The van der Waals surface area contributed by atoms with Crippen LogP contribution in [0.4, 0.5) is 11.8 Å². The molecular weight excluding hydrogens is 498 g/mol. The molecule has 0 radical (unpaired) electrons. The molecule has 2 atom stereocenters. The second kappa shape index (κ2) is 10.3. The van der Waals surface area contributed by atoms with Crippen molar-refractivity contribution in [2.45, 2.75) is 51.6 Å². The molecule has 0 bridgehead atoms. The number of likely N-dealkylation sites (tertiary alicyclic amines) is 1. The summed E-state index contributed by atoms with van der Waals surface area (Å²) in [7, 11) is 0. The van der Waals surface area contributed by atoms with Gasteiger partial charge in [0.25, 0.3) is 0 Å². The predicted molar refractivity (Wildman–Crippen MR) is 152 cm³/mol. The number of carboxylic acid groups (broad SMARTS) is 1. The molecule has 1 saturated carbocycles. The second-order valence-electron chi connectivity index (χ2n) is 11.5. The molecular formula is C30H36ClN5O2. The molecule has 3 aromatic rings. The van der Waals surface area contributed by atoms with Crippen molar-refractivity contribution >= 4 is 40.2 Å². The van der Waals surface area contributed by atoms with Gasteiger partial charge in [-0.15, -0.1) is 0 Å². The first-order valence-electron chi connectivity index (χ1n) is 13.9. The van der Waals surface area contributed by atoms with Gasteiger partial charge in [0.05, 0.1) is 17.5 Å². The average Bonchev–Trinajstić information content (AvgIpc) is 2.82. The fourth-order valence-electron chi connectivity index (χ4n) is 6.40. The number of aromatic nitrogens is 2. The third-order valence-corrected chi connectivity index (χ3v) is 9.22. The number of rotatable bonds is 7. The van der Waals surface area contributed by atoms with Crippen LogP contribution in [0.2, 0.25) is 5.02 Å². The van der Waals surface area contributed by atoms with Gasteiger partial charge < -0.3 is 20.2 Å². The van der Waals surface area contributed by atoms with Crippen LogP contribution in [0.3, 0.4) is 0 Å². The van der Waals surface area contributed by atoms with Gasteiger partial charge in [0.1, 0.15) is 5.82 Å². The number of fused-ring (bicyclic) bond motifs is 1. The molecule has 3 heterocycles. The Morgan fingerprint density at radius 1 is 1.11 bits per heavy atom. The van der Waals surface area contributed by atoms with Gasteiger partial charge in [-0.05, 0) is 87.2 Å². The quantitative estimate of drug-likeness (QED) is 0.398. The molecule has 3 fully saturated rings. The Balaban J connectivity index is 1.14. The molecule has 2 aromatic carbocycles. The lowest BCUT2D eigenvalue weighted by Gasteiger charge is -2.50. The highest BCUT2D eigenvalue weighted by atomic mass is 35.5. The number of para-hydroxylation sites is 1. The van der Waals surface area contributed by atoms with Crippen LogP contribution in [0.25, 0.3) is 10.9 Å². The number of nitrogens with zero attached hydrogens (tertiary/aromatic N) is 4. The van der Waals surface area contributed by atoms with E-state index in [-0.39, 0.29) is 12.0 Å². The van der Waals surface area contributed by atoms with Crippen molar-refractivity contribution in [2.24, 2.45) is 17.8 Å². The van der Waals surface area contributed by atoms with Crippen molar-refractivity contribution < 1.29 is 9.90 Å². The maximum atomic E-state index is 11.2. The van der Waals surface area contributed by atoms with E-state index in [1.54, 1.807) is 0 Å². The number of nitrogens with one attached hydrogen (secondary N) is 1. The van der Waals surface area contributed by atoms with Crippen LogP contribution in [-0.4, -0.2) is 58.2 Å². The minimum atomic E-state index is -0.634. The summed E-state index contributed by atoms with van der Waals surface area (Å²) < 4.78 is 0. The largest absolute Gasteiger partial charge is 0.481 e. The van der Waals surface area contributed by atoms with E-state index in [1.165, 1.54) is 12.8 Å². The average molecular weight is 534 g/mol. The Morgan fingerprint density at radius 3 is 2.66 bits per heavy atom. The number of aryl methyl sites for hydroxylation is 1. The van der Waals surface area contributed by atoms with Crippen molar-refractivity contribution in [3.63, 3.8) is 0 Å². The van der Waals surface area contributed by atoms with E-state index >= 15 is 0 Å². The first-order valence-corrected chi connectivity index (χ1v) is 14.2. The monoisotopic (exact) mass is 533 g/mol. The molecule has 2 unspecified atom stereocenters. The molecule has 2 saturated heterocycles. The summed E-state index contributed by atoms with van der Waals surface area (Å²) >= 11 is 6.57. The number of carbonyl (C=O) groups is 1. The smallest absolute Gasteiger partial charge is 0.306 e. The Labute approximate surface area is 229 Å². The number of carboxylic acids is 1. The highest BCUT2D eigenvalue weighted by Crippen LogP contribution is 2.39. The molecule has 3 aliphatic rings. The van der Waals surface area contributed by atoms with Crippen molar-refractivity contribution in [2.75, 3.05) is 36.4 Å². The molecule has 38 heavy (non-hydrogen) atoms. The second-order valence-corrected chi connectivity index (χ2v) is 11.9. The lowest BCUT2D eigenvalue weighted by atomic mass is 9.76. The van der Waals surface area contributed by atoms with E-state index in [0.717, 1.165) is 77.8 Å². The summed E-state index contributed by atoms with van der Waals surface area (Å²) in [6.45, 7) is 8.30. The standard InChI is InChI=1S/C30H36ClN5O2/c1-18-9-10-24(26(31)12-18)19(2)32-28-25-7-3-4-8-27(25)33-30(34-28)36-16-22(17-36)20-6-5-11-35(15-20)23-13-21(14-23)29(37)38/h3-4,7-10,12,19-23H,5-6,11,13-17H2,1-2H3,(H,37,38)(H,32,33,34). The van der Waals surface area contributed by atoms with Crippen molar-refractivity contribution in [3.8, 4) is 0 Å². The van der Waals surface area contributed by atoms with Crippen molar-refractivity contribution in [1.29, 1.82) is 0 Å². The molecule has 2 N–H and O–H groups in total. The fraction of sp³-hybridized carbons (Fsp3) is 0.500. The van der Waals surface area contributed by atoms with E-state index in [2.05, 4.69) is 46.3 Å². The van der Waals surface area contributed by atoms with Crippen LogP contribution in [0, 0.1) is 24.7 Å². The van der Waals surface area contributed by atoms with Gasteiger partial charge in [0.15, 0.2) is 0 Å². The molecule has 2 aliphatic heterocycles. The number of halogens is 1. The minimum absolute atomic E-state index is 0.00107. The maximum absolute atomic E-state index is 11.2. The third-order valence-electron chi connectivity index (χ3n) is 8.89. The predicted octanol–water partition coefficient (Wildman–Crippen LogP) is 5.78. The normalized spacial score (nSPS) is 25.0. The summed E-state index contributed by atoms with van der Waals surface area (Å²) in [6, 6.07) is 14.8. The van der Waals surface area contributed by atoms with Gasteiger partial charge in [0.2, 0.25) is 5.95 Å². The molecule has 200 valence electrons. The Hall–Kier alpha value is -2.90. The van der Waals surface area contributed by atoms with E-state index in [1.807, 2.05) is 25.1 Å². The molecule has 7 nitrogen and oxygen atoms in total. The SMILES string of the molecule is Cc1ccc(C(C)Nc2nc(N3CC(C4CCCN(C5CC(C(=O)O)C5)C4)C3)nc3ccccc23)c(Cl)c1. The van der Waals surface area contributed by atoms with E-state index in [9.17, 15) is 9.90 Å². The molecule has 8 heteroatoms. The third kappa shape index (κ3) is 4.94. The lowest BCUT2D eigenvalue weighted by Crippen LogP contribution is -2.56. The van der Waals surface area contributed by atoms with Crippen LogP contribution in [0.15, 0.2) is 42.5 Å². The van der Waals surface area contributed by atoms with Crippen LogP contribution in [0.5, 0.6) is 0 Å². The zero-order chi connectivity index (χ0) is 26.4. The lowest BCUT2D eigenvalue weighted by molar-refractivity contribution is -0.147. The van der Waals surface area contributed by atoms with Crippen molar-refractivity contribution in [1.82, 2.24) is 14.9 Å². The maximum Gasteiger partial charge on any atom is 0.306 e. The van der Waals surface area contributed by atoms with Gasteiger partial charge in [-0.25, -0.2) is 4.98 Å². The highest BCUT2D eigenvalue weighted by Gasteiger charge is 2.42. The van der Waals surface area contributed by atoms with E-state index < -0.39 is 5.97 Å². The minimum Gasteiger partial charge on any atom is -0.481 e. The zero-order valence-electron chi connectivity index (χ0n) is 22.1. The van der Waals surface area contributed by atoms with Crippen LogP contribution in [0.1, 0.15) is 49.8 Å². The number of anilines is 2. The van der Waals surface area contributed by atoms with Gasteiger partial charge in [-0.2, -0.15) is 4.98 Å². The number of aliphatic carboxylic acids is 1.